The van der Waals surface area contributed by atoms with E-state index in [9.17, 15) is 0 Å². The van der Waals surface area contributed by atoms with Crippen LogP contribution in [0.2, 0.25) is 0 Å². The van der Waals surface area contributed by atoms with Gasteiger partial charge in [0.1, 0.15) is 0 Å². The Morgan fingerprint density at radius 1 is 0.120 bits per heavy atom. The summed E-state index contributed by atoms with van der Waals surface area (Å²) in [4.78, 5) is 39.6. The summed E-state index contributed by atoms with van der Waals surface area (Å²) in [5.41, 5.74) is 40.4. The van der Waals surface area contributed by atoms with Crippen LogP contribution in [-0.2, 0) is 0 Å². The Hall–Kier alpha value is -20.5. The number of hydrogen-bond acceptors (Lipinski definition) is 8. The van der Waals surface area contributed by atoms with Crippen molar-refractivity contribution in [3.8, 4) is 135 Å². The molecule has 0 bridgehead atoms. The van der Waals surface area contributed by atoms with Crippen LogP contribution in [0, 0.1) is 0 Å². The smallest absolute Gasteiger partial charge is 0.235 e. The molecule has 0 saturated carbocycles. The Morgan fingerprint density at radius 3 is 0.767 bits per heavy atom. The number of pyridine rings is 6. The molecular weight excluding hydrogens is 1830 g/mol. The van der Waals surface area contributed by atoms with Crippen LogP contribution in [0.1, 0.15) is 0 Å². The first kappa shape index (κ1) is 87.3. The van der Waals surface area contributed by atoms with Gasteiger partial charge in [0, 0.05) is 136 Å². The molecule has 0 radical (unpaired) electrons. The third-order valence-corrected chi connectivity index (χ3v) is 29.0. The normalized spacial score (nSPS) is 11.6. The Labute approximate surface area is 862 Å². The van der Waals surface area contributed by atoms with Crippen molar-refractivity contribution in [2.75, 3.05) is 0 Å². The molecule has 14 nitrogen and oxygen atoms in total. The van der Waals surface area contributed by atoms with Crippen molar-refractivity contribution in [3.05, 3.63) is 534 Å². The Morgan fingerprint density at radius 2 is 0.387 bits per heavy atom. The molecule has 0 aliphatic rings. The number of aromatic nitrogens is 14. The van der Waals surface area contributed by atoms with Crippen LogP contribution in [0.25, 0.3) is 267 Å². The van der Waals surface area contributed by atoms with Crippen LogP contribution >= 0.6 is 0 Å². The molecule has 14 heteroatoms. The monoisotopic (exact) mass is 1920 g/mol. The highest BCUT2D eigenvalue weighted by molar-refractivity contribution is 6.16. The molecule has 30 aromatic rings. The van der Waals surface area contributed by atoms with Crippen LogP contribution in [0.3, 0.4) is 0 Å². The second-order valence-electron chi connectivity index (χ2n) is 37.8. The van der Waals surface area contributed by atoms with E-state index in [1.165, 1.54) is 71.0 Å². The number of para-hydroxylation sites is 6. The zero-order valence-electron chi connectivity index (χ0n) is 81.1. The lowest BCUT2D eigenvalue weighted by Gasteiger charge is -2.13. The molecule has 0 saturated heterocycles. The highest BCUT2D eigenvalue weighted by atomic mass is 15.2. The maximum absolute atomic E-state index is 5.17. The predicted molar refractivity (Wildman–Crippen MR) is 617 cm³/mol. The number of hydrogen-bond donors (Lipinski definition) is 0. The van der Waals surface area contributed by atoms with Gasteiger partial charge in [-0.2, -0.15) is 0 Å². The van der Waals surface area contributed by atoms with Gasteiger partial charge < -0.3 is 22.8 Å². The van der Waals surface area contributed by atoms with Crippen molar-refractivity contribution >= 4 is 131 Å². The molecule has 0 aliphatic heterocycles. The quantitative estimate of drug-likeness (QED) is 0.0991. The van der Waals surface area contributed by atoms with Gasteiger partial charge in [0.25, 0.3) is 0 Å². The first-order valence-electron chi connectivity index (χ1n) is 50.5. The molecule has 702 valence electrons. The molecule has 0 N–H and O–H groups in total. The lowest BCUT2D eigenvalue weighted by Crippen LogP contribution is -2.04. The minimum absolute atomic E-state index is 0.611. The summed E-state index contributed by atoms with van der Waals surface area (Å²) in [6.45, 7) is 0. The van der Waals surface area contributed by atoms with Gasteiger partial charge in [-0.1, -0.05) is 291 Å². The van der Waals surface area contributed by atoms with Crippen molar-refractivity contribution < 1.29 is 0 Å². The van der Waals surface area contributed by atoms with E-state index in [1.54, 1.807) is 0 Å². The number of rotatable bonds is 15. The second-order valence-corrected chi connectivity index (χ2v) is 37.8. The maximum Gasteiger partial charge on any atom is 0.235 e. The van der Waals surface area contributed by atoms with Gasteiger partial charge in [-0.15, -0.1) is 0 Å². The first-order valence-corrected chi connectivity index (χ1v) is 50.5. The van der Waals surface area contributed by atoms with E-state index < -0.39 is 0 Å². The van der Waals surface area contributed by atoms with Crippen molar-refractivity contribution in [1.82, 2.24) is 67.3 Å². The highest BCUT2D eigenvalue weighted by Gasteiger charge is 2.26. The molecule has 30 rings (SSSR count). The van der Waals surface area contributed by atoms with Gasteiger partial charge in [0.15, 0.2) is 0 Å². The van der Waals surface area contributed by atoms with E-state index in [1.807, 2.05) is 122 Å². The summed E-state index contributed by atoms with van der Waals surface area (Å²) < 4.78 is 13.9. The molecule has 0 spiro atoms. The summed E-state index contributed by atoms with van der Waals surface area (Å²) in [6.07, 6.45) is 9.31. The minimum atomic E-state index is 0.611. The van der Waals surface area contributed by atoms with Crippen molar-refractivity contribution in [2.45, 2.75) is 0 Å². The van der Waals surface area contributed by atoms with Gasteiger partial charge in [-0.3, -0.25) is 29.5 Å². The average molecular weight is 1920 g/mol. The third kappa shape index (κ3) is 15.4. The Balaban J connectivity index is 0.000000108. The molecule has 0 aliphatic carbocycles. The number of benzene rings is 17. The zero-order valence-corrected chi connectivity index (χ0v) is 81.1. The largest absolute Gasteiger partial charge is 0.309 e. The summed E-state index contributed by atoms with van der Waals surface area (Å²) >= 11 is 0. The van der Waals surface area contributed by atoms with Gasteiger partial charge in [0.05, 0.1) is 123 Å². The summed E-state index contributed by atoms with van der Waals surface area (Å²) in [7, 11) is 0. The maximum atomic E-state index is 5.17. The van der Waals surface area contributed by atoms with Crippen LogP contribution in [0.4, 0.5) is 0 Å². The third-order valence-electron chi connectivity index (χ3n) is 29.0. The molecule has 17 aromatic carbocycles. The SMILES string of the molecule is c1ccc(-c2cc(-c3ccccc3)nc(-n3c4ccc(-c5ccc6c7ccccc7n(-c7ccccc7)c6c5)cc4c4ncccc43)n2)cc1.c1ccc(-c2cc(-n3c4ccc(-c5ccc6c(c5)c5ccccc5n6-c5ccccc5)cc4c4ncccc43)cc(-c3ccccc3)n2)cc1.c1ccc(-n2c3ccccc3c3ccc(-c4ccc5c(c4)c4ncccc4n5-c4cc(-c5ccccn5)cc(-c5ccccn5)c4)cc32)cc1. The first-order chi connectivity index (χ1) is 74.4. The van der Waals surface area contributed by atoms with Crippen molar-refractivity contribution in [1.29, 1.82) is 0 Å². The predicted octanol–water partition coefficient (Wildman–Crippen LogP) is 33.8. The lowest BCUT2D eigenvalue weighted by atomic mass is 10.0. The molecule has 0 unspecified atom stereocenters. The van der Waals surface area contributed by atoms with Crippen LogP contribution < -0.4 is 0 Å². The average Bonchev–Trinajstić information content (AvgIpc) is 1.58. The number of nitrogens with zero attached hydrogens (tertiary/aromatic N) is 14. The van der Waals surface area contributed by atoms with E-state index in [4.69, 9.17) is 39.9 Å². The molecule has 13 aromatic heterocycles. The van der Waals surface area contributed by atoms with E-state index in [0.29, 0.717) is 5.95 Å². The lowest BCUT2D eigenvalue weighted by molar-refractivity contribution is 0.994. The van der Waals surface area contributed by atoms with Crippen molar-refractivity contribution in [2.24, 2.45) is 0 Å². The van der Waals surface area contributed by atoms with Gasteiger partial charge in [-0.05, 0) is 246 Å². The summed E-state index contributed by atoms with van der Waals surface area (Å²) in [5, 5.41) is 10.7. The fraction of sp³-hybridized carbons (Fsp3) is 0. The Kier molecular flexibility index (Phi) is 21.6. The number of fused-ring (bicyclic) bond motifs is 18. The van der Waals surface area contributed by atoms with Gasteiger partial charge in [-0.25, -0.2) is 15.0 Å². The van der Waals surface area contributed by atoms with Gasteiger partial charge in [0.2, 0.25) is 5.95 Å². The molecule has 0 fully saturated rings. The van der Waals surface area contributed by atoms with E-state index in [2.05, 4.69) is 440 Å². The zero-order chi connectivity index (χ0) is 99.1. The van der Waals surface area contributed by atoms with E-state index in [0.717, 1.165) is 190 Å². The standard InChI is InChI=1S/C46H30N4.2C45H29N5/c1-4-13-31(14-5-1)40-29-36(30-41(48-40)32-15-6-2-7-16-32)50-44-25-23-34(28-39(44)46-45(50)21-12-26-47-46)33-22-24-43-38(27-33)37-19-10-11-20-42(37)49(43)35-17-8-3-9-18-35;1-4-13-30(14-5-1)38-29-39(31-15-6-2-7-16-31)48-45(47-38)50-41-25-23-32(27-37(41)44-42(50)21-12-26-46-44)33-22-24-36-35-19-10-11-20-40(35)49(43(36)28-33)34-17-8-3-9-18-34;1-2-11-34(12-3-1)49-41-16-5-4-13-36(41)37-20-18-31(29-44(37)49)30-19-21-42-38(28-30)45-43(17-10-24-48-45)50(42)35-26-32(39-14-6-8-22-46-39)25-33(27-35)40-15-7-9-23-47-40/h1-30H;2*1-29H. The molecule has 0 atom stereocenters. The summed E-state index contributed by atoms with van der Waals surface area (Å²) in [5.74, 6) is 0.611. The fourth-order valence-electron chi connectivity index (χ4n) is 22.1. The van der Waals surface area contributed by atoms with Crippen molar-refractivity contribution in [3.63, 3.8) is 0 Å². The van der Waals surface area contributed by atoms with Crippen LogP contribution in [0.5, 0.6) is 0 Å². The molecule has 150 heavy (non-hydrogen) atoms. The minimum Gasteiger partial charge on any atom is -0.309 e. The molecule has 0 amide bonds. The molecule has 13 heterocycles. The van der Waals surface area contributed by atoms with E-state index in [-0.39, 0.29) is 0 Å². The topological polar surface area (TPSA) is 133 Å². The van der Waals surface area contributed by atoms with Crippen LogP contribution in [0.15, 0.2) is 534 Å². The molecular formula is C136H88N14. The second kappa shape index (κ2) is 37.0. The highest BCUT2D eigenvalue weighted by Crippen LogP contribution is 2.46. The fourth-order valence-corrected chi connectivity index (χ4v) is 22.1. The van der Waals surface area contributed by atoms with Crippen LogP contribution in [-0.4, -0.2) is 67.3 Å². The summed E-state index contributed by atoms with van der Waals surface area (Å²) in [6, 6.07) is 177. The van der Waals surface area contributed by atoms with E-state index >= 15 is 0 Å². The van der Waals surface area contributed by atoms with Gasteiger partial charge >= 0.3 is 0 Å². The Bertz CT molecular complexity index is 9870.